The molecule has 0 saturated carbocycles. The fourth-order valence-corrected chi connectivity index (χ4v) is 0. The lowest BCUT2D eigenvalue weighted by molar-refractivity contribution is -0.205. The van der Waals surface area contributed by atoms with Crippen LogP contribution >= 0.6 is 0 Å². The van der Waals surface area contributed by atoms with Gasteiger partial charge in [0.25, 0.3) is 0 Å². The number of azo groups is 1. The minimum Gasteiger partial charge on any atom is -0.469 e. The minimum atomic E-state index is -2.96. The zero-order valence-electron chi connectivity index (χ0n) is 22.2. The summed E-state index contributed by atoms with van der Waals surface area (Å²) in [5.74, 6) is 5.12. The molecule has 0 aliphatic carbocycles. The smallest absolute Gasteiger partial charge is 0.352 e. The third-order valence-electron chi connectivity index (χ3n) is 1.98. The predicted molar refractivity (Wildman–Crippen MR) is 129 cm³/mol. The average molecular weight is 456 g/mol. The molecule has 0 aliphatic rings. The van der Waals surface area contributed by atoms with E-state index in [4.69, 9.17) is 0 Å². The highest BCUT2D eigenvalue weighted by molar-refractivity contribution is 5.65. The van der Waals surface area contributed by atoms with Crippen molar-refractivity contribution in [3.8, 4) is 11.8 Å². The van der Waals surface area contributed by atoms with Crippen LogP contribution in [0.1, 0.15) is 55.4 Å². The van der Waals surface area contributed by atoms with Crippen molar-refractivity contribution >= 4 is 12.2 Å². The highest BCUT2D eigenvalue weighted by atomic mass is 19.3. The quantitative estimate of drug-likeness (QED) is 0.166. The van der Waals surface area contributed by atoms with Gasteiger partial charge in [-0.3, -0.25) is 4.79 Å². The SMILES string of the molecule is CC#CC.CC=CC.CC=NC.CCOC.CN=NC.COC(C)(F)F.COC(C)=O. The minimum absolute atomic E-state index is 0.245. The van der Waals surface area contributed by atoms with E-state index >= 15 is 0 Å². The summed E-state index contributed by atoms with van der Waals surface area (Å²) >= 11 is 0. The van der Waals surface area contributed by atoms with Crippen molar-refractivity contribution in [1.82, 2.24) is 0 Å². The Morgan fingerprint density at radius 3 is 1.19 bits per heavy atom. The van der Waals surface area contributed by atoms with Crippen LogP contribution in [-0.2, 0) is 19.0 Å². The summed E-state index contributed by atoms with van der Waals surface area (Å²) in [4.78, 5) is 13.2. The van der Waals surface area contributed by atoms with Crippen molar-refractivity contribution in [2.24, 2.45) is 15.2 Å². The van der Waals surface area contributed by atoms with Gasteiger partial charge in [-0.25, -0.2) is 0 Å². The number of ether oxygens (including phenoxy) is 3. The van der Waals surface area contributed by atoms with Gasteiger partial charge in [-0.15, -0.1) is 11.8 Å². The molecule has 0 fully saturated rings. The van der Waals surface area contributed by atoms with Crippen LogP contribution in [0.25, 0.3) is 0 Å². The number of esters is 1. The lowest BCUT2D eigenvalue weighted by atomic mass is 10.6. The van der Waals surface area contributed by atoms with Crippen LogP contribution in [0.4, 0.5) is 8.78 Å². The highest BCUT2D eigenvalue weighted by Crippen LogP contribution is 2.09. The summed E-state index contributed by atoms with van der Waals surface area (Å²) in [6.45, 7) is 14.4. The Kier molecular flexibility index (Phi) is 85.4. The second kappa shape index (κ2) is 56.5. The van der Waals surface area contributed by atoms with Gasteiger partial charge < -0.3 is 19.2 Å². The number of carbonyl (C=O) groups is 1. The largest absolute Gasteiger partial charge is 0.469 e. The summed E-state index contributed by atoms with van der Waals surface area (Å²) < 4.78 is 34.7. The molecule has 0 aromatic rings. The lowest BCUT2D eigenvalue weighted by Gasteiger charge is -2.03. The number of hydrogen-bond donors (Lipinski definition) is 0. The first-order valence-electron chi connectivity index (χ1n) is 9.33. The molecule has 0 heterocycles. The number of allylic oxidation sites excluding steroid dienone is 2. The van der Waals surface area contributed by atoms with Gasteiger partial charge in [-0.1, -0.05) is 12.2 Å². The van der Waals surface area contributed by atoms with Crippen molar-refractivity contribution in [2.75, 3.05) is 49.1 Å². The molecule has 7 nitrogen and oxygen atoms in total. The fraction of sp³-hybridized carbons (Fsp3) is 0.727. The summed E-state index contributed by atoms with van der Waals surface area (Å²) in [6, 6.07) is 0. The van der Waals surface area contributed by atoms with E-state index in [1.165, 1.54) is 14.0 Å². The van der Waals surface area contributed by atoms with Crippen LogP contribution in [-0.4, -0.2) is 67.4 Å². The Balaban J connectivity index is -0.0000000437. The number of methoxy groups -OCH3 is 3. The van der Waals surface area contributed by atoms with E-state index in [0.717, 1.165) is 13.7 Å². The van der Waals surface area contributed by atoms with E-state index in [0.29, 0.717) is 6.92 Å². The predicted octanol–water partition coefficient (Wildman–Crippen LogP) is 6.09. The normalized spacial score (nSPS) is 8.52. The maximum Gasteiger partial charge on any atom is 0.352 e. The molecule has 188 valence electrons. The molecule has 0 atom stereocenters. The van der Waals surface area contributed by atoms with Gasteiger partial charge in [-0.2, -0.15) is 19.0 Å². The molecule has 31 heavy (non-hydrogen) atoms. The van der Waals surface area contributed by atoms with Gasteiger partial charge in [0.2, 0.25) is 0 Å². The Morgan fingerprint density at radius 1 is 0.968 bits per heavy atom. The van der Waals surface area contributed by atoms with Crippen LogP contribution in [0.2, 0.25) is 0 Å². The van der Waals surface area contributed by atoms with Crippen LogP contribution in [0.5, 0.6) is 0 Å². The third-order valence-corrected chi connectivity index (χ3v) is 1.98. The summed E-state index contributed by atoms with van der Waals surface area (Å²) in [5, 5.41) is 6.72. The zero-order chi connectivity index (χ0) is 26.6. The van der Waals surface area contributed by atoms with Gasteiger partial charge in [0.15, 0.2) is 0 Å². The summed E-state index contributed by atoms with van der Waals surface area (Å²) in [5.41, 5.74) is 0. The second-order valence-electron chi connectivity index (χ2n) is 4.37. The molecule has 0 amide bonds. The molecule has 9 heteroatoms. The monoisotopic (exact) mass is 455 g/mol. The molecule has 0 aromatic carbocycles. The van der Waals surface area contributed by atoms with Crippen molar-refractivity contribution < 1.29 is 27.8 Å². The molecular weight excluding hydrogens is 408 g/mol. The zero-order valence-corrected chi connectivity index (χ0v) is 22.2. The first kappa shape index (κ1) is 46.8. The average Bonchev–Trinajstić information content (AvgIpc) is 2.79. The van der Waals surface area contributed by atoms with E-state index in [-0.39, 0.29) is 5.97 Å². The van der Waals surface area contributed by atoms with Gasteiger partial charge in [0.1, 0.15) is 0 Å². The summed E-state index contributed by atoms with van der Waals surface area (Å²) in [6.07, 6.45) is 2.79. The first-order valence-corrected chi connectivity index (χ1v) is 9.33. The first-order chi connectivity index (χ1) is 14.4. The molecule has 0 rings (SSSR count). The number of hydrogen-bond acceptors (Lipinski definition) is 7. The fourth-order valence-electron chi connectivity index (χ4n) is 0. The number of alkyl halides is 2. The van der Waals surface area contributed by atoms with Crippen LogP contribution in [0.3, 0.4) is 0 Å². The molecule has 0 N–H and O–H groups in total. The molecular formula is C22H47F2N3O4. The van der Waals surface area contributed by atoms with Crippen LogP contribution in [0, 0.1) is 11.8 Å². The molecule has 0 radical (unpaired) electrons. The van der Waals surface area contributed by atoms with Crippen molar-refractivity contribution in [3.05, 3.63) is 12.2 Å². The molecule has 0 bridgehead atoms. The van der Waals surface area contributed by atoms with Gasteiger partial charge in [-0.05, 0) is 47.8 Å². The number of halogens is 2. The van der Waals surface area contributed by atoms with Crippen molar-refractivity contribution in [2.45, 2.75) is 61.5 Å². The number of aliphatic imine (C=N–C) groups is 1. The number of rotatable bonds is 2. The standard InChI is InChI=1S/C4H8.C4H6.C3H6F2O.C3H7N.C3H6O2.C3H8O.C2H6N2/c2*1-3-4-2;1-3(4,5)6-2;1-3-4-2;1-3(4)5-2;2*1-3-4-2/h3-4H,1-2H3;1-2H3;1-2H3;3H,1-2H3;1-2H3;3H2,1-2H3;1-2H3. The van der Waals surface area contributed by atoms with Gasteiger partial charge >= 0.3 is 12.1 Å². The van der Waals surface area contributed by atoms with Crippen molar-refractivity contribution in [1.29, 1.82) is 0 Å². The Labute approximate surface area is 190 Å². The summed E-state index contributed by atoms with van der Waals surface area (Å²) in [7, 11) is 9.02. The van der Waals surface area contributed by atoms with E-state index in [1.807, 2.05) is 53.7 Å². The topological polar surface area (TPSA) is 81.8 Å². The highest BCUT2D eigenvalue weighted by Gasteiger charge is 2.17. The third kappa shape index (κ3) is 303. The van der Waals surface area contributed by atoms with Gasteiger partial charge in [0.05, 0.1) is 7.11 Å². The Hall–Kier alpha value is -2.18. The second-order valence-corrected chi connectivity index (χ2v) is 4.37. The molecule has 0 aromatic heterocycles. The maximum atomic E-state index is 11.2. The molecule has 0 aliphatic heterocycles. The van der Waals surface area contributed by atoms with Crippen LogP contribution < -0.4 is 0 Å². The molecule has 0 saturated heterocycles. The van der Waals surface area contributed by atoms with Crippen molar-refractivity contribution in [3.63, 3.8) is 0 Å². The molecule has 0 unspecified atom stereocenters. The van der Waals surface area contributed by atoms with Crippen LogP contribution in [0.15, 0.2) is 27.4 Å². The van der Waals surface area contributed by atoms with E-state index < -0.39 is 6.11 Å². The Morgan fingerprint density at radius 2 is 1.19 bits per heavy atom. The van der Waals surface area contributed by atoms with Gasteiger partial charge in [0, 0.05) is 55.8 Å². The number of nitrogens with zero attached hydrogens (tertiary/aromatic N) is 3. The van der Waals surface area contributed by atoms with E-state index in [1.54, 1.807) is 34.5 Å². The number of carbonyl (C=O) groups excluding carboxylic acids is 1. The van der Waals surface area contributed by atoms with E-state index in [9.17, 15) is 13.6 Å². The Bertz CT molecular complexity index is 383. The maximum absolute atomic E-state index is 11.2. The van der Waals surface area contributed by atoms with E-state index in [2.05, 4.69) is 41.3 Å². The lowest BCUT2D eigenvalue weighted by Crippen LogP contribution is -2.10. The molecule has 0 spiro atoms.